The summed E-state index contributed by atoms with van der Waals surface area (Å²) in [7, 11) is 3.16. The Balaban J connectivity index is 1.88. The molecule has 2 aromatic heterocycles. The first kappa shape index (κ1) is 16.0. The molecule has 1 N–H and O–H groups in total. The lowest BCUT2D eigenvalue weighted by Gasteiger charge is -2.09. The van der Waals surface area contributed by atoms with Crippen LogP contribution in [0.15, 0.2) is 60.8 Å². The minimum absolute atomic E-state index is 0.0905. The molecule has 0 fully saturated rings. The number of nitrogens with zero attached hydrogens (tertiary/aromatic N) is 3. The van der Waals surface area contributed by atoms with Crippen molar-refractivity contribution >= 4 is 5.65 Å². The smallest absolute Gasteiger partial charge is 0.161 e. The molecule has 4 aromatic rings. The molecule has 26 heavy (non-hydrogen) atoms. The fourth-order valence-corrected chi connectivity index (χ4v) is 2.91. The molecular weight excluding hydrogens is 330 g/mol. The van der Waals surface area contributed by atoms with Crippen molar-refractivity contribution in [2.45, 2.75) is 0 Å². The number of rotatable bonds is 4. The molecule has 0 unspecified atom stereocenters. The predicted molar refractivity (Wildman–Crippen MR) is 98.6 cm³/mol. The molecule has 0 radical (unpaired) electrons. The molecule has 130 valence electrons. The second kappa shape index (κ2) is 6.40. The van der Waals surface area contributed by atoms with E-state index in [9.17, 15) is 5.11 Å². The lowest BCUT2D eigenvalue weighted by molar-refractivity contribution is 0.373. The van der Waals surface area contributed by atoms with Crippen LogP contribution in [0.2, 0.25) is 0 Å². The van der Waals surface area contributed by atoms with Gasteiger partial charge in [0.2, 0.25) is 0 Å². The van der Waals surface area contributed by atoms with Crippen molar-refractivity contribution in [3.63, 3.8) is 0 Å². The number of para-hydroxylation sites is 1. The van der Waals surface area contributed by atoms with Crippen LogP contribution in [0.25, 0.3) is 28.2 Å². The average molecular weight is 347 g/mol. The van der Waals surface area contributed by atoms with Crippen molar-refractivity contribution in [2.24, 2.45) is 0 Å². The first-order valence-corrected chi connectivity index (χ1v) is 8.07. The molecule has 6 nitrogen and oxygen atoms in total. The number of hydrogen-bond donors (Lipinski definition) is 1. The van der Waals surface area contributed by atoms with Crippen LogP contribution in [0.5, 0.6) is 17.2 Å². The van der Waals surface area contributed by atoms with E-state index in [2.05, 4.69) is 4.98 Å². The minimum atomic E-state index is 0.0905. The Morgan fingerprint density at radius 3 is 2.54 bits per heavy atom. The van der Waals surface area contributed by atoms with E-state index < -0.39 is 0 Å². The predicted octanol–water partition coefficient (Wildman–Crippen LogP) is 3.79. The number of aromatic nitrogens is 3. The highest BCUT2D eigenvalue weighted by Gasteiger charge is 2.13. The molecule has 0 spiro atoms. The molecule has 6 heteroatoms. The number of fused-ring (bicyclic) bond motifs is 1. The van der Waals surface area contributed by atoms with E-state index >= 15 is 0 Å². The molecule has 0 aliphatic carbocycles. The Labute approximate surface area is 150 Å². The first-order chi connectivity index (χ1) is 12.7. The molecular formula is C20H17N3O3. The maximum absolute atomic E-state index is 9.82. The van der Waals surface area contributed by atoms with Gasteiger partial charge in [0.05, 0.1) is 31.8 Å². The van der Waals surface area contributed by atoms with Gasteiger partial charge in [-0.15, -0.1) is 0 Å². The zero-order valence-corrected chi connectivity index (χ0v) is 14.4. The molecule has 0 atom stereocenters. The fourth-order valence-electron chi connectivity index (χ4n) is 2.91. The minimum Gasteiger partial charge on any atom is -0.504 e. The van der Waals surface area contributed by atoms with Crippen LogP contribution in [-0.4, -0.2) is 33.9 Å². The summed E-state index contributed by atoms with van der Waals surface area (Å²) >= 11 is 0. The van der Waals surface area contributed by atoms with Gasteiger partial charge >= 0.3 is 0 Å². The van der Waals surface area contributed by atoms with Crippen molar-refractivity contribution in [2.75, 3.05) is 14.2 Å². The van der Waals surface area contributed by atoms with Crippen LogP contribution < -0.4 is 9.47 Å². The number of hydrogen-bond acceptors (Lipinski definition) is 5. The van der Waals surface area contributed by atoms with Gasteiger partial charge < -0.3 is 14.6 Å². The summed E-state index contributed by atoms with van der Waals surface area (Å²) in [5, 5.41) is 14.6. The highest BCUT2D eigenvalue weighted by atomic mass is 16.5. The van der Waals surface area contributed by atoms with Gasteiger partial charge in [-0.2, -0.15) is 5.10 Å². The SMILES string of the molecule is COc1cc(-c2cnc3ccc(-c4ccccc4OC)nn23)ccc1O. The van der Waals surface area contributed by atoms with Gasteiger partial charge in [-0.1, -0.05) is 12.1 Å². The molecule has 0 amide bonds. The van der Waals surface area contributed by atoms with Crippen LogP contribution in [-0.2, 0) is 0 Å². The Morgan fingerprint density at radius 2 is 1.73 bits per heavy atom. The molecule has 2 heterocycles. The van der Waals surface area contributed by atoms with Crippen molar-refractivity contribution < 1.29 is 14.6 Å². The van der Waals surface area contributed by atoms with Crippen molar-refractivity contribution in [3.05, 3.63) is 60.8 Å². The summed E-state index contributed by atoms with van der Waals surface area (Å²) < 4.78 is 12.4. The van der Waals surface area contributed by atoms with Gasteiger partial charge in [0.15, 0.2) is 17.1 Å². The largest absolute Gasteiger partial charge is 0.504 e. The van der Waals surface area contributed by atoms with Crippen LogP contribution in [0.1, 0.15) is 0 Å². The Kier molecular flexibility index (Phi) is 3.93. The average Bonchev–Trinajstić information content (AvgIpc) is 3.11. The van der Waals surface area contributed by atoms with E-state index in [0.29, 0.717) is 5.75 Å². The Hall–Kier alpha value is -3.54. The van der Waals surface area contributed by atoms with Crippen molar-refractivity contribution in [3.8, 4) is 39.8 Å². The first-order valence-electron chi connectivity index (χ1n) is 8.07. The summed E-state index contributed by atoms with van der Waals surface area (Å²) in [5.41, 5.74) is 4.05. The fraction of sp³-hybridized carbons (Fsp3) is 0.100. The second-order valence-electron chi connectivity index (χ2n) is 5.72. The zero-order chi connectivity index (χ0) is 18.1. The van der Waals surface area contributed by atoms with Crippen LogP contribution in [0.4, 0.5) is 0 Å². The van der Waals surface area contributed by atoms with Gasteiger partial charge in [-0.25, -0.2) is 9.50 Å². The van der Waals surface area contributed by atoms with E-state index in [0.717, 1.165) is 33.9 Å². The summed E-state index contributed by atoms with van der Waals surface area (Å²) in [6.45, 7) is 0. The van der Waals surface area contributed by atoms with Crippen LogP contribution in [0.3, 0.4) is 0 Å². The van der Waals surface area contributed by atoms with Crippen LogP contribution in [0, 0.1) is 0 Å². The number of phenolic OH excluding ortho intramolecular Hbond substituents is 1. The Bertz CT molecular complexity index is 1090. The summed E-state index contributed by atoms with van der Waals surface area (Å²) in [5.74, 6) is 1.25. The highest BCUT2D eigenvalue weighted by molar-refractivity contribution is 5.70. The van der Waals surface area contributed by atoms with Crippen molar-refractivity contribution in [1.82, 2.24) is 14.6 Å². The van der Waals surface area contributed by atoms with Gasteiger partial charge in [-0.3, -0.25) is 0 Å². The number of aromatic hydroxyl groups is 1. The summed E-state index contributed by atoms with van der Waals surface area (Å²) in [6.07, 6.45) is 1.75. The van der Waals surface area contributed by atoms with E-state index in [4.69, 9.17) is 14.6 Å². The standard InChI is InChI=1S/C20H17N3O3/c1-25-18-6-4-3-5-14(18)15-8-10-20-21-12-16(23(20)22-15)13-7-9-17(24)19(11-13)26-2/h3-12,24H,1-2H3. The van der Waals surface area contributed by atoms with E-state index in [1.807, 2.05) is 36.4 Å². The van der Waals surface area contributed by atoms with Gasteiger partial charge in [0.25, 0.3) is 0 Å². The lowest BCUT2D eigenvalue weighted by atomic mass is 10.1. The molecule has 0 saturated carbocycles. The number of methoxy groups -OCH3 is 2. The topological polar surface area (TPSA) is 68.9 Å². The lowest BCUT2D eigenvalue weighted by Crippen LogP contribution is -1.98. The van der Waals surface area contributed by atoms with Crippen LogP contribution >= 0.6 is 0 Å². The number of benzene rings is 2. The van der Waals surface area contributed by atoms with E-state index in [1.165, 1.54) is 7.11 Å². The second-order valence-corrected chi connectivity index (χ2v) is 5.72. The number of phenols is 1. The normalized spacial score (nSPS) is 10.8. The monoisotopic (exact) mass is 347 g/mol. The maximum Gasteiger partial charge on any atom is 0.161 e. The molecule has 0 aliphatic rings. The van der Waals surface area contributed by atoms with E-state index in [-0.39, 0.29) is 5.75 Å². The highest BCUT2D eigenvalue weighted by Crippen LogP contribution is 2.32. The quantitative estimate of drug-likeness (QED) is 0.608. The summed E-state index contributed by atoms with van der Waals surface area (Å²) in [6, 6.07) is 16.7. The van der Waals surface area contributed by atoms with Gasteiger partial charge in [0.1, 0.15) is 5.75 Å². The van der Waals surface area contributed by atoms with Crippen molar-refractivity contribution in [1.29, 1.82) is 0 Å². The van der Waals surface area contributed by atoms with Gasteiger partial charge in [-0.05, 0) is 42.5 Å². The zero-order valence-electron chi connectivity index (χ0n) is 14.4. The third-order valence-electron chi connectivity index (χ3n) is 4.22. The Morgan fingerprint density at radius 1 is 0.923 bits per heavy atom. The third kappa shape index (κ3) is 2.61. The number of ether oxygens (including phenoxy) is 2. The van der Waals surface area contributed by atoms with E-state index in [1.54, 1.807) is 36.0 Å². The summed E-state index contributed by atoms with van der Waals surface area (Å²) in [4.78, 5) is 4.42. The molecule has 4 rings (SSSR count). The van der Waals surface area contributed by atoms with Gasteiger partial charge in [0, 0.05) is 11.1 Å². The third-order valence-corrected chi connectivity index (χ3v) is 4.22. The number of imidazole rings is 1. The maximum atomic E-state index is 9.82. The molecule has 2 aromatic carbocycles. The molecule has 0 aliphatic heterocycles. The molecule has 0 saturated heterocycles. The molecule has 0 bridgehead atoms.